The molecule has 2 heterocycles. The number of hydrogen-bond acceptors (Lipinski definition) is 6. The number of methoxy groups -OCH3 is 1. The number of aliphatic imine (C=N–C) groups is 1. The predicted octanol–water partition coefficient (Wildman–Crippen LogP) is 7.01. The Kier molecular flexibility index (Phi) is 8.22. The van der Waals surface area contributed by atoms with Crippen molar-refractivity contribution >= 4 is 40.1 Å². The highest BCUT2D eigenvalue weighted by Gasteiger charge is 2.37. The lowest BCUT2D eigenvalue weighted by molar-refractivity contribution is -0.113. The molecule has 7 nitrogen and oxygen atoms in total. The van der Waals surface area contributed by atoms with Crippen molar-refractivity contribution in [3.63, 3.8) is 0 Å². The van der Waals surface area contributed by atoms with Crippen molar-refractivity contribution in [2.45, 2.75) is 45.6 Å². The number of nitrogens with zero attached hydrogens (tertiary/aromatic N) is 2. The Morgan fingerprint density at radius 1 is 0.976 bits per heavy atom. The molecule has 0 aromatic heterocycles. The molecule has 0 aliphatic carbocycles. The van der Waals surface area contributed by atoms with Crippen molar-refractivity contribution in [1.82, 2.24) is 4.90 Å². The van der Waals surface area contributed by atoms with E-state index in [0.29, 0.717) is 34.0 Å². The first-order valence-electron chi connectivity index (χ1n) is 13.8. The van der Waals surface area contributed by atoms with Crippen LogP contribution < -0.4 is 15.4 Å². The molecule has 8 heteroatoms. The maximum absolute atomic E-state index is 13.9. The van der Waals surface area contributed by atoms with Crippen molar-refractivity contribution in [3.8, 4) is 5.75 Å². The monoisotopic (exact) mass is 568 g/mol. The van der Waals surface area contributed by atoms with Crippen LogP contribution in [0.1, 0.15) is 61.6 Å². The van der Waals surface area contributed by atoms with E-state index in [1.165, 1.54) is 5.56 Å². The number of hydrogen-bond donors (Lipinski definition) is 2. The van der Waals surface area contributed by atoms with Gasteiger partial charge in [-0.25, -0.2) is 4.99 Å². The van der Waals surface area contributed by atoms with Crippen molar-refractivity contribution in [3.05, 3.63) is 101 Å². The van der Waals surface area contributed by atoms with Crippen LogP contribution in [-0.2, 0) is 10.2 Å². The van der Waals surface area contributed by atoms with E-state index in [1.54, 1.807) is 18.9 Å². The molecular weight excluding hydrogens is 532 g/mol. The molecule has 2 amide bonds. The zero-order valence-corrected chi connectivity index (χ0v) is 25.0. The van der Waals surface area contributed by atoms with Crippen LogP contribution in [0.2, 0.25) is 0 Å². The van der Waals surface area contributed by atoms with Crippen LogP contribution in [0.4, 0.5) is 11.4 Å². The maximum atomic E-state index is 13.9. The summed E-state index contributed by atoms with van der Waals surface area (Å²) in [4.78, 5) is 34.0. The zero-order chi connectivity index (χ0) is 29.1. The fourth-order valence-electron chi connectivity index (χ4n) is 5.15. The summed E-state index contributed by atoms with van der Waals surface area (Å²) in [6.07, 6.45) is 0.988. The van der Waals surface area contributed by atoms with Gasteiger partial charge in [-0.05, 0) is 66.3 Å². The standard InChI is InChI=1S/C33H36N4O3S/c1-21-28(31(39)36-26-12-6-7-13-27(26)40-5)29(37-18-9-19-41-32(37)34-21)23-10-8-11-25(20-23)35-30(38)22-14-16-24(17-15-22)33(2,3)4/h6-8,10-17,20,29H,9,18-19H2,1-5H3,(H,35,38)(H,36,39). The second-order valence-corrected chi connectivity index (χ2v) is 12.3. The number of carbonyl (C=O) groups excluding carboxylic acids is 2. The van der Waals surface area contributed by atoms with E-state index in [0.717, 1.165) is 29.4 Å². The van der Waals surface area contributed by atoms with Gasteiger partial charge in [0, 0.05) is 23.5 Å². The van der Waals surface area contributed by atoms with E-state index in [1.807, 2.05) is 79.7 Å². The summed E-state index contributed by atoms with van der Waals surface area (Å²) in [5.74, 6) is 1.17. The Bertz CT molecular complexity index is 1520. The third-order valence-corrected chi connectivity index (χ3v) is 8.41. The summed E-state index contributed by atoms with van der Waals surface area (Å²) in [6, 6.07) is 22.5. The lowest BCUT2D eigenvalue weighted by atomic mass is 9.86. The second kappa shape index (κ2) is 11.8. The van der Waals surface area contributed by atoms with E-state index in [2.05, 4.69) is 36.3 Å². The predicted molar refractivity (Wildman–Crippen MR) is 168 cm³/mol. The molecule has 0 spiro atoms. The van der Waals surface area contributed by atoms with E-state index in [9.17, 15) is 9.59 Å². The molecule has 3 aromatic rings. The average molecular weight is 569 g/mol. The van der Waals surface area contributed by atoms with Crippen LogP contribution in [0, 0.1) is 0 Å². The van der Waals surface area contributed by atoms with Crippen LogP contribution in [0.5, 0.6) is 5.75 Å². The summed E-state index contributed by atoms with van der Waals surface area (Å²) in [6.45, 7) is 9.12. The van der Waals surface area contributed by atoms with Crippen LogP contribution in [0.3, 0.4) is 0 Å². The van der Waals surface area contributed by atoms with Gasteiger partial charge in [0.25, 0.3) is 11.8 Å². The van der Waals surface area contributed by atoms with Gasteiger partial charge in [0.2, 0.25) is 0 Å². The van der Waals surface area contributed by atoms with Gasteiger partial charge in [0.05, 0.1) is 30.1 Å². The molecule has 0 bridgehead atoms. The van der Waals surface area contributed by atoms with E-state index in [-0.39, 0.29) is 23.3 Å². The minimum Gasteiger partial charge on any atom is -0.495 e. The lowest BCUT2D eigenvalue weighted by Crippen LogP contribution is -2.43. The average Bonchev–Trinajstić information content (AvgIpc) is 2.96. The summed E-state index contributed by atoms with van der Waals surface area (Å²) < 4.78 is 5.46. The Hall–Kier alpha value is -4.04. The van der Waals surface area contributed by atoms with Crippen molar-refractivity contribution in [1.29, 1.82) is 0 Å². The first kappa shape index (κ1) is 28.5. The van der Waals surface area contributed by atoms with E-state index < -0.39 is 0 Å². The number of para-hydroxylation sites is 2. The smallest absolute Gasteiger partial charge is 0.255 e. The normalized spacial score (nSPS) is 17.0. The number of nitrogens with one attached hydrogen (secondary N) is 2. The van der Waals surface area contributed by atoms with Gasteiger partial charge < -0.3 is 20.3 Å². The van der Waals surface area contributed by atoms with Gasteiger partial charge in [0.15, 0.2) is 5.17 Å². The molecule has 1 atom stereocenters. The number of thioether (sulfide) groups is 1. The largest absolute Gasteiger partial charge is 0.495 e. The van der Waals surface area contributed by atoms with Gasteiger partial charge in [-0.15, -0.1) is 0 Å². The van der Waals surface area contributed by atoms with E-state index in [4.69, 9.17) is 9.73 Å². The number of ether oxygens (including phenoxy) is 1. The summed E-state index contributed by atoms with van der Waals surface area (Å²) in [5.41, 5.74) is 5.20. The molecule has 2 aliphatic rings. The molecular formula is C33H36N4O3S. The number of anilines is 2. The maximum Gasteiger partial charge on any atom is 0.255 e. The molecule has 41 heavy (non-hydrogen) atoms. The van der Waals surface area contributed by atoms with E-state index >= 15 is 0 Å². The summed E-state index contributed by atoms with van der Waals surface area (Å²) >= 11 is 1.71. The summed E-state index contributed by atoms with van der Waals surface area (Å²) in [7, 11) is 1.58. The Morgan fingerprint density at radius 2 is 1.73 bits per heavy atom. The topological polar surface area (TPSA) is 83.0 Å². The Balaban J connectivity index is 1.45. The van der Waals surface area contributed by atoms with Gasteiger partial charge in [-0.3, -0.25) is 9.59 Å². The van der Waals surface area contributed by atoms with Gasteiger partial charge in [0.1, 0.15) is 5.75 Å². The molecule has 1 saturated heterocycles. The Labute approximate surface area is 246 Å². The number of rotatable bonds is 6. The minimum atomic E-state index is -0.354. The molecule has 5 rings (SSSR count). The molecule has 1 fully saturated rings. The van der Waals surface area contributed by atoms with Gasteiger partial charge in [-0.2, -0.15) is 0 Å². The third kappa shape index (κ3) is 6.17. The second-order valence-electron chi connectivity index (χ2n) is 11.3. The summed E-state index contributed by atoms with van der Waals surface area (Å²) in [5, 5.41) is 7.02. The van der Waals surface area contributed by atoms with Crippen LogP contribution in [0.25, 0.3) is 0 Å². The molecule has 212 valence electrons. The number of allylic oxidation sites excluding steroid dienone is 1. The number of fused-ring (bicyclic) bond motifs is 1. The van der Waals surface area contributed by atoms with Crippen LogP contribution in [0.15, 0.2) is 89.1 Å². The van der Waals surface area contributed by atoms with Crippen molar-refractivity contribution < 1.29 is 14.3 Å². The quantitative estimate of drug-likeness (QED) is 0.334. The SMILES string of the molecule is COc1ccccc1NC(=O)C1=C(C)N=C2SCCCN2C1c1cccc(NC(=O)c2ccc(C(C)(C)C)cc2)c1. The fourth-order valence-corrected chi connectivity index (χ4v) is 6.17. The first-order valence-corrected chi connectivity index (χ1v) is 14.8. The van der Waals surface area contributed by atoms with Crippen molar-refractivity contribution in [2.75, 3.05) is 30.0 Å². The fraction of sp³-hybridized carbons (Fsp3) is 0.303. The zero-order valence-electron chi connectivity index (χ0n) is 24.2. The first-order chi connectivity index (χ1) is 19.7. The highest BCUT2D eigenvalue weighted by molar-refractivity contribution is 8.13. The Morgan fingerprint density at radius 3 is 2.46 bits per heavy atom. The molecule has 2 aliphatic heterocycles. The molecule has 3 aromatic carbocycles. The molecule has 0 saturated carbocycles. The molecule has 2 N–H and O–H groups in total. The van der Waals surface area contributed by atoms with Gasteiger partial charge in [-0.1, -0.05) is 68.9 Å². The van der Waals surface area contributed by atoms with Crippen LogP contribution in [-0.4, -0.2) is 41.3 Å². The number of benzene rings is 3. The minimum absolute atomic E-state index is 0.0134. The highest BCUT2D eigenvalue weighted by Crippen LogP contribution is 2.41. The van der Waals surface area contributed by atoms with Gasteiger partial charge >= 0.3 is 0 Å². The third-order valence-electron chi connectivity index (χ3n) is 7.33. The van der Waals surface area contributed by atoms with Crippen LogP contribution >= 0.6 is 11.8 Å². The number of amidine groups is 1. The van der Waals surface area contributed by atoms with Crippen molar-refractivity contribution in [2.24, 2.45) is 4.99 Å². The highest BCUT2D eigenvalue weighted by atomic mass is 32.2. The molecule has 0 radical (unpaired) electrons. The molecule has 1 unspecified atom stereocenters. The number of amides is 2. The number of carbonyl (C=O) groups is 2. The lowest BCUT2D eigenvalue weighted by Gasteiger charge is -2.41.